The Hall–Kier alpha value is -1.97. The molecule has 0 amide bonds. The third kappa shape index (κ3) is 8.11. The molecular weight excluding hydrogens is 587 g/mol. The Morgan fingerprint density at radius 3 is 2.63 bits per heavy atom. The Balaban J connectivity index is 1.46. The number of aryl methyl sites for hydroxylation is 2. The molecule has 0 spiro atoms. The molecule has 1 saturated heterocycles. The predicted octanol–water partition coefficient (Wildman–Crippen LogP) is 7.39. The molecule has 0 aliphatic carbocycles. The summed E-state index contributed by atoms with van der Waals surface area (Å²) in [6.45, 7) is 8.12. The highest BCUT2D eigenvalue weighted by Gasteiger charge is 2.51. The van der Waals surface area contributed by atoms with Crippen LogP contribution in [0, 0.1) is 12.7 Å². The molecule has 224 valence electrons. The van der Waals surface area contributed by atoms with Gasteiger partial charge in [0.05, 0.1) is 32.1 Å². The van der Waals surface area contributed by atoms with Gasteiger partial charge >= 0.3 is 7.60 Å². The molecule has 0 saturated carbocycles. The fraction of sp³-hybridized carbons (Fsp3) is 0.500. The highest BCUT2D eigenvalue weighted by atomic mass is 32.1. The first-order chi connectivity index (χ1) is 19.7. The number of aromatic nitrogens is 2. The fourth-order valence-electron chi connectivity index (χ4n) is 4.63. The molecule has 41 heavy (non-hydrogen) atoms. The summed E-state index contributed by atoms with van der Waals surface area (Å²) in [5.41, 5.74) is 2.60. The largest absolute Gasteiger partial charge is 0.490 e. The molecule has 3 unspecified atom stereocenters. The van der Waals surface area contributed by atoms with Crippen LogP contribution in [0.2, 0.25) is 0 Å². The summed E-state index contributed by atoms with van der Waals surface area (Å²) in [7, 11) is -7.51. The normalized spacial score (nSPS) is 20.2. The van der Waals surface area contributed by atoms with E-state index in [0.29, 0.717) is 24.8 Å². The molecule has 3 atom stereocenters. The van der Waals surface area contributed by atoms with Gasteiger partial charge in [-0.1, -0.05) is 6.07 Å². The monoisotopic (exact) mass is 625 g/mol. The van der Waals surface area contributed by atoms with Gasteiger partial charge in [0, 0.05) is 28.9 Å². The van der Waals surface area contributed by atoms with Crippen molar-refractivity contribution in [3.05, 3.63) is 64.7 Å². The van der Waals surface area contributed by atoms with E-state index in [4.69, 9.17) is 23.3 Å². The predicted molar refractivity (Wildman–Crippen MR) is 159 cm³/mol. The molecular formula is C28H38FN3O6P2S. The van der Waals surface area contributed by atoms with E-state index in [1.165, 1.54) is 6.07 Å². The van der Waals surface area contributed by atoms with Gasteiger partial charge < -0.3 is 18.3 Å². The Labute approximate surface area is 245 Å². The quantitative estimate of drug-likeness (QED) is 0.145. The molecule has 3 aromatic rings. The molecule has 9 nitrogen and oxygen atoms in total. The molecule has 0 bridgehead atoms. The molecule has 4 rings (SSSR count). The van der Waals surface area contributed by atoms with E-state index in [2.05, 4.69) is 10.1 Å². The van der Waals surface area contributed by atoms with Crippen LogP contribution in [0.15, 0.2) is 42.7 Å². The van der Waals surface area contributed by atoms with Gasteiger partial charge in [-0.3, -0.25) is 14.1 Å². The number of benzene rings is 1. The maximum absolute atomic E-state index is 14.7. The van der Waals surface area contributed by atoms with Crippen LogP contribution in [0.4, 0.5) is 4.39 Å². The lowest BCUT2D eigenvalue weighted by atomic mass is 10.1. The minimum atomic E-state index is -3.86. The molecule has 1 aliphatic heterocycles. The van der Waals surface area contributed by atoms with Crippen LogP contribution in [0.1, 0.15) is 49.7 Å². The van der Waals surface area contributed by atoms with E-state index in [0.717, 1.165) is 21.1 Å². The van der Waals surface area contributed by atoms with Crippen LogP contribution in [-0.4, -0.2) is 47.8 Å². The zero-order chi connectivity index (χ0) is 29.5. The Kier molecular flexibility index (Phi) is 11.3. The first-order valence-corrected chi connectivity index (χ1v) is 18.0. The van der Waals surface area contributed by atoms with Gasteiger partial charge in [0.2, 0.25) is 0 Å². The van der Waals surface area contributed by atoms with Gasteiger partial charge in [0.1, 0.15) is 5.01 Å². The average Bonchev–Trinajstić information content (AvgIpc) is 3.31. The molecule has 3 heterocycles. The number of nitrogens with one attached hydrogen (secondary N) is 1. The van der Waals surface area contributed by atoms with E-state index >= 15 is 0 Å². The minimum Gasteiger partial charge on any atom is -0.490 e. The number of rotatable bonds is 14. The van der Waals surface area contributed by atoms with Crippen molar-refractivity contribution in [3.63, 3.8) is 0 Å². The van der Waals surface area contributed by atoms with Crippen molar-refractivity contribution >= 4 is 26.5 Å². The second kappa shape index (κ2) is 14.5. The summed E-state index contributed by atoms with van der Waals surface area (Å²) in [6.07, 6.45) is 5.52. The molecule has 13 heteroatoms. The summed E-state index contributed by atoms with van der Waals surface area (Å²) >= 11 is 1.63. The summed E-state index contributed by atoms with van der Waals surface area (Å²) in [4.78, 5) is 9.95. The maximum atomic E-state index is 14.7. The Morgan fingerprint density at radius 1 is 1.22 bits per heavy atom. The number of hydrogen-bond donors (Lipinski definition) is 1. The standard InChI is InChI=1S/C28H38FN3O6P2S/c1-5-36-40(34,37-6-2)27(39(33)32-20(3)13-17-38-39)19-22-9-10-24(29)26(18-22)35-16-7-8-25-21(4)41-28(31-25)23-11-14-30-15-12-23/h9-12,14-15,18,20,27H,5-8,13,16-17,19H2,1-4H3,(H,32,33). The van der Waals surface area contributed by atoms with Crippen molar-refractivity contribution < 1.29 is 31.8 Å². The van der Waals surface area contributed by atoms with Crippen LogP contribution in [0.5, 0.6) is 5.75 Å². The lowest BCUT2D eigenvalue weighted by Gasteiger charge is -2.37. The van der Waals surface area contributed by atoms with Crippen molar-refractivity contribution in [2.75, 3.05) is 26.4 Å². The number of ether oxygens (including phenoxy) is 1. The van der Waals surface area contributed by atoms with E-state index in [1.54, 1.807) is 49.7 Å². The topological polar surface area (TPSA) is 109 Å². The summed E-state index contributed by atoms with van der Waals surface area (Å²) < 4.78 is 65.4. The second-order valence-corrected chi connectivity index (χ2v) is 15.9. The first kappa shape index (κ1) is 32.0. The molecule has 1 N–H and O–H groups in total. The minimum absolute atomic E-state index is 0.0285. The zero-order valence-electron chi connectivity index (χ0n) is 23.9. The lowest BCUT2D eigenvalue weighted by molar-refractivity contribution is 0.209. The van der Waals surface area contributed by atoms with Crippen LogP contribution in [-0.2, 0) is 35.5 Å². The van der Waals surface area contributed by atoms with E-state index < -0.39 is 26.3 Å². The molecule has 2 aromatic heterocycles. The second-order valence-electron chi connectivity index (χ2n) is 9.78. The molecule has 1 aromatic carbocycles. The number of thiazole rings is 1. The number of pyridine rings is 1. The Morgan fingerprint density at radius 2 is 1.95 bits per heavy atom. The van der Waals surface area contributed by atoms with E-state index in [1.807, 2.05) is 26.0 Å². The van der Waals surface area contributed by atoms with Crippen molar-refractivity contribution in [1.82, 2.24) is 15.1 Å². The van der Waals surface area contributed by atoms with Crippen LogP contribution < -0.4 is 9.82 Å². The molecule has 1 aliphatic rings. The lowest BCUT2D eigenvalue weighted by Crippen LogP contribution is -2.36. The zero-order valence-corrected chi connectivity index (χ0v) is 26.5. The van der Waals surface area contributed by atoms with E-state index in [9.17, 15) is 13.5 Å². The smallest absolute Gasteiger partial charge is 0.345 e. The summed E-state index contributed by atoms with van der Waals surface area (Å²) in [5, 5.41) is 2.86. The SMILES string of the molecule is CCOP(=O)(OCC)C(Cc1ccc(F)c(OCCCc2nc(-c3ccncc3)sc2C)c1)P1(=O)NC(C)CCO1. The summed E-state index contributed by atoms with van der Waals surface area (Å²) in [5.74, 6) is -0.444. The average molecular weight is 626 g/mol. The van der Waals surface area contributed by atoms with Crippen LogP contribution >= 0.6 is 26.5 Å². The molecule has 0 radical (unpaired) electrons. The van der Waals surface area contributed by atoms with Crippen LogP contribution in [0.3, 0.4) is 0 Å². The van der Waals surface area contributed by atoms with Crippen molar-refractivity contribution in [3.8, 4) is 16.3 Å². The van der Waals surface area contributed by atoms with Crippen molar-refractivity contribution in [1.29, 1.82) is 0 Å². The number of nitrogens with zero attached hydrogens (tertiary/aromatic N) is 2. The van der Waals surface area contributed by atoms with Gasteiger partial charge in [-0.25, -0.2) is 14.5 Å². The van der Waals surface area contributed by atoms with Crippen LogP contribution in [0.25, 0.3) is 10.6 Å². The van der Waals surface area contributed by atoms with Gasteiger partial charge in [-0.2, -0.15) is 0 Å². The van der Waals surface area contributed by atoms with Gasteiger partial charge in [0.25, 0.3) is 7.52 Å². The third-order valence-electron chi connectivity index (χ3n) is 6.66. The Bertz CT molecular complexity index is 1370. The summed E-state index contributed by atoms with van der Waals surface area (Å²) in [6, 6.07) is 8.19. The van der Waals surface area contributed by atoms with Crippen molar-refractivity contribution in [2.45, 2.75) is 64.8 Å². The van der Waals surface area contributed by atoms with Gasteiger partial charge in [-0.05, 0) is 83.2 Å². The highest BCUT2D eigenvalue weighted by Crippen LogP contribution is 2.69. The molecule has 1 fully saturated rings. The number of hydrogen-bond acceptors (Lipinski definition) is 9. The van der Waals surface area contributed by atoms with Crippen molar-refractivity contribution in [2.24, 2.45) is 0 Å². The third-order valence-corrected chi connectivity index (χ3v) is 14.0. The maximum Gasteiger partial charge on any atom is 0.345 e. The van der Waals surface area contributed by atoms with E-state index in [-0.39, 0.29) is 44.6 Å². The first-order valence-electron chi connectivity index (χ1n) is 13.9. The highest BCUT2D eigenvalue weighted by molar-refractivity contribution is 7.74. The number of halogens is 1. The fourth-order valence-corrected chi connectivity index (χ4v) is 11.4. The van der Waals surface area contributed by atoms with Gasteiger partial charge in [-0.15, -0.1) is 11.3 Å². The van der Waals surface area contributed by atoms with Gasteiger partial charge in [0.15, 0.2) is 17.0 Å².